The van der Waals surface area contributed by atoms with Crippen molar-refractivity contribution in [2.75, 3.05) is 10.6 Å². The average molecular weight is 526 g/mol. The zero-order valence-corrected chi connectivity index (χ0v) is 21.3. The van der Waals surface area contributed by atoms with E-state index < -0.39 is 12.1 Å². The van der Waals surface area contributed by atoms with Gasteiger partial charge in [-0.25, -0.2) is 4.79 Å². The summed E-state index contributed by atoms with van der Waals surface area (Å²) in [7, 11) is 0. The van der Waals surface area contributed by atoms with Crippen molar-refractivity contribution >= 4 is 46.3 Å². The number of nitriles is 1. The quantitative estimate of drug-likeness (QED) is 0.199. The molecule has 4 rings (SSSR count). The van der Waals surface area contributed by atoms with Crippen LogP contribution in [0.1, 0.15) is 28.8 Å². The number of benzene rings is 4. The van der Waals surface area contributed by atoms with Gasteiger partial charge in [0.25, 0.3) is 0 Å². The van der Waals surface area contributed by atoms with E-state index in [9.17, 15) is 4.79 Å². The predicted octanol–water partition coefficient (Wildman–Crippen LogP) is 6.80. The van der Waals surface area contributed by atoms with Crippen molar-refractivity contribution < 1.29 is 4.79 Å². The highest BCUT2D eigenvalue weighted by molar-refractivity contribution is 7.80. The van der Waals surface area contributed by atoms with Crippen molar-refractivity contribution in [3.63, 3.8) is 0 Å². The summed E-state index contributed by atoms with van der Waals surface area (Å²) < 4.78 is 0. The van der Waals surface area contributed by atoms with Gasteiger partial charge < -0.3 is 21.3 Å². The maximum Gasteiger partial charge on any atom is 0.319 e. The highest BCUT2D eigenvalue weighted by Crippen LogP contribution is 2.29. The number of nitrogens with one attached hydrogen (secondary N) is 4. The number of hydrogen-bond acceptors (Lipinski definition) is 3. The monoisotopic (exact) mass is 525 g/mol. The molecule has 6 nitrogen and oxygen atoms in total. The number of carbonyl (C=O) groups is 1. The molecule has 0 aliphatic heterocycles. The molecule has 2 atom stereocenters. The third-order valence-electron chi connectivity index (χ3n) is 5.60. The molecule has 4 aromatic rings. The predicted molar refractivity (Wildman–Crippen MR) is 152 cm³/mol. The smallest absolute Gasteiger partial charge is 0.319 e. The van der Waals surface area contributed by atoms with Crippen molar-refractivity contribution in [2.45, 2.75) is 12.1 Å². The van der Waals surface area contributed by atoms with Crippen molar-refractivity contribution in [3.8, 4) is 6.07 Å². The molecule has 0 unspecified atom stereocenters. The highest BCUT2D eigenvalue weighted by Gasteiger charge is 2.27. The average Bonchev–Trinajstić information content (AvgIpc) is 2.93. The summed E-state index contributed by atoms with van der Waals surface area (Å²) in [6.45, 7) is 0. The lowest BCUT2D eigenvalue weighted by molar-refractivity contribution is 0.245. The van der Waals surface area contributed by atoms with Gasteiger partial charge in [0.2, 0.25) is 0 Å². The lowest BCUT2D eigenvalue weighted by atomic mass is 9.93. The van der Waals surface area contributed by atoms with E-state index in [1.165, 1.54) is 0 Å². The van der Waals surface area contributed by atoms with Crippen LogP contribution in [0.2, 0.25) is 5.02 Å². The van der Waals surface area contributed by atoms with Crippen LogP contribution in [0.15, 0.2) is 109 Å². The van der Waals surface area contributed by atoms with Crippen LogP contribution < -0.4 is 21.3 Å². The van der Waals surface area contributed by atoms with E-state index in [1.54, 1.807) is 48.5 Å². The molecule has 0 aliphatic carbocycles. The Kier molecular flexibility index (Phi) is 8.71. The SMILES string of the molecule is N#Cc1ccc(NC(=S)N[C@H](c2ccccc2)[C@H](NC(=O)Nc2ccc(Cl)cc2)c2ccccc2)cc1. The van der Waals surface area contributed by atoms with Crippen LogP contribution in [0.25, 0.3) is 0 Å². The Bertz CT molecular complexity index is 1370. The summed E-state index contributed by atoms with van der Waals surface area (Å²) in [5.74, 6) is 0. The second kappa shape index (κ2) is 12.5. The fraction of sp³-hybridized carbons (Fsp3) is 0.0690. The third kappa shape index (κ3) is 7.31. The number of halogens is 1. The van der Waals surface area contributed by atoms with Crippen molar-refractivity contribution in [1.29, 1.82) is 5.26 Å². The summed E-state index contributed by atoms with van der Waals surface area (Å²) in [5, 5.41) is 22.5. The van der Waals surface area contributed by atoms with Gasteiger partial charge in [0.1, 0.15) is 0 Å². The molecule has 0 bridgehead atoms. The van der Waals surface area contributed by atoms with Gasteiger partial charge >= 0.3 is 6.03 Å². The van der Waals surface area contributed by atoms with Gasteiger partial charge in [0.05, 0.1) is 23.7 Å². The van der Waals surface area contributed by atoms with E-state index >= 15 is 0 Å². The molecule has 184 valence electrons. The van der Waals surface area contributed by atoms with Gasteiger partial charge in [0, 0.05) is 16.4 Å². The minimum Gasteiger partial charge on any atom is -0.353 e. The molecule has 0 spiro atoms. The summed E-state index contributed by atoms with van der Waals surface area (Å²) in [4.78, 5) is 13.1. The number of thiocarbonyl (C=S) groups is 1. The molecular formula is C29H24ClN5OS. The first kappa shape index (κ1) is 25.7. The number of rotatable bonds is 7. The first-order valence-electron chi connectivity index (χ1n) is 11.5. The summed E-state index contributed by atoms with van der Waals surface area (Å²) in [6.07, 6.45) is 0. The Hall–Kier alpha value is -4.38. The summed E-state index contributed by atoms with van der Waals surface area (Å²) in [6, 6.07) is 34.3. The molecule has 0 saturated heterocycles. The molecule has 0 aromatic heterocycles. The second-order valence-electron chi connectivity index (χ2n) is 8.17. The molecular weight excluding hydrogens is 502 g/mol. The third-order valence-corrected chi connectivity index (χ3v) is 6.07. The minimum absolute atomic E-state index is 0.370. The van der Waals surface area contributed by atoms with Crippen LogP contribution in [-0.2, 0) is 0 Å². The Balaban J connectivity index is 1.60. The molecule has 4 N–H and O–H groups in total. The fourth-order valence-corrected chi connectivity index (χ4v) is 4.19. The molecule has 8 heteroatoms. The minimum atomic E-state index is -0.475. The van der Waals surface area contributed by atoms with Crippen LogP contribution in [0.3, 0.4) is 0 Å². The number of anilines is 2. The van der Waals surface area contributed by atoms with Crippen molar-refractivity contribution in [3.05, 3.63) is 131 Å². The van der Waals surface area contributed by atoms with E-state index in [2.05, 4.69) is 27.3 Å². The van der Waals surface area contributed by atoms with Crippen LogP contribution in [0.4, 0.5) is 16.2 Å². The first-order chi connectivity index (χ1) is 18.0. The van der Waals surface area contributed by atoms with Crippen LogP contribution >= 0.6 is 23.8 Å². The van der Waals surface area contributed by atoms with E-state index in [-0.39, 0.29) is 6.03 Å². The summed E-state index contributed by atoms with van der Waals surface area (Å²) in [5.41, 5.74) is 3.76. The summed E-state index contributed by atoms with van der Waals surface area (Å²) >= 11 is 11.6. The fourth-order valence-electron chi connectivity index (χ4n) is 3.82. The van der Waals surface area contributed by atoms with Crippen LogP contribution in [0, 0.1) is 11.3 Å². The van der Waals surface area contributed by atoms with Gasteiger partial charge in [0.15, 0.2) is 5.11 Å². The van der Waals surface area contributed by atoms with E-state index in [1.807, 2.05) is 60.7 Å². The number of carbonyl (C=O) groups excluding carboxylic acids is 1. The van der Waals surface area contributed by atoms with Crippen molar-refractivity contribution in [2.24, 2.45) is 0 Å². The maximum atomic E-state index is 13.1. The number of hydrogen-bond donors (Lipinski definition) is 4. The molecule has 4 aromatic carbocycles. The van der Waals surface area contributed by atoms with E-state index in [0.29, 0.717) is 21.4 Å². The second-order valence-corrected chi connectivity index (χ2v) is 9.01. The molecule has 0 radical (unpaired) electrons. The Morgan fingerprint density at radius 1 is 0.703 bits per heavy atom. The molecule has 0 fully saturated rings. The maximum absolute atomic E-state index is 13.1. The Morgan fingerprint density at radius 2 is 1.19 bits per heavy atom. The number of amides is 2. The van der Waals surface area contributed by atoms with Gasteiger partial charge in [-0.2, -0.15) is 5.26 Å². The first-order valence-corrected chi connectivity index (χ1v) is 12.3. The van der Waals surface area contributed by atoms with Crippen LogP contribution in [-0.4, -0.2) is 11.1 Å². The zero-order valence-electron chi connectivity index (χ0n) is 19.7. The Morgan fingerprint density at radius 3 is 1.73 bits per heavy atom. The molecule has 2 amide bonds. The van der Waals surface area contributed by atoms with E-state index in [0.717, 1.165) is 16.8 Å². The molecule has 0 aliphatic rings. The van der Waals surface area contributed by atoms with Gasteiger partial charge in [-0.1, -0.05) is 72.3 Å². The normalized spacial score (nSPS) is 11.9. The van der Waals surface area contributed by atoms with Crippen molar-refractivity contribution in [1.82, 2.24) is 10.6 Å². The van der Waals surface area contributed by atoms with Crippen LogP contribution in [0.5, 0.6) is 0 Å². The largest absolute Gasteiger partial charge is 0.353 e. The molecule has 0 heterocycles. The standard InChI is InChI=1S/C29H24ClN5OS/c30-23-13-17-24(18-14-23)32-28(36)34-26(21-7-3-1-4-8-21)27(22-9-5-2-6-10-22)35-29(37)33-25-15-11-20(19-31)12-16-25/h1-18,26-27H,(H2,32,34,36)(H2,33,35,37)/t26-,27-/m1/s1. The highest BCUT2D eigenvalue weighted by atomic mass is 35.5. The van der Waals surface area contributed by atoms with Gasteiger partial charge in [-0.15, -0.1) is 0 Å². The lowest BCUT2D eigenvalue weighted by Crippen LogP contribution is -2.43. The van der Waals surface area contributed by atoms with Gasteiger partial charge in [-0.05, 0) is 71.9 Å². The Labute approximate surface area is 226 Å². The number of nitrogens with zero attached hydrogens (tertiary/aromatic N) is 1. The lowest BCUT2D eigenvalue weighted by Gasteiger charge is -2.31. The topological polar surface area (TPSA) is 89.0 Å². The molecule has 0 saturated carbocycles. The molecule has 37 heavy (non-hydrogen) atoms. The number of urea groups is 1. The zero-order chi connectivity index (χ0) is 26.0. The van der Waals surface area contributed by atoms with Gasteiger partial charge in [-0.3, -0.25) is 0 Å². The van der Waals surface area contributed by atoms with E-state index in [4.69, 9.17) is 29.1 Å².